The number of hydrogen-bond acceptors (Lipinski definition) is 6. The number of pyridine rings is 2. The molecule has 1 aromatic carbocycles. The van der Waals surface area contributed by atoms with Gasteiger partial charge in [-0.05, 0) is 50.2 Å². The minimum atomic E-state index is -1.45. The van der Waals surface area contributed by atoms with E-state index in [4.69, 9.17) is 16.6 Å². The van der Waals surface area contributed by atoms with E-state index in [9.17, 15) is 18.8 Å². The molecule has 4 aromatic rings. The third-order valence-electron chi connectivity index (χ3n) is 7.65. The lowest BCUT2D eigenvalue weighted by atomic mass is 9.99. The third kappa shape index (κ3) is 5.76. The number of halogens is 2. The van der Waals surface area contributed by atoms with Gasteiger partial charge in [-0.25, -0.2) is 14.4 Å². The Balaban J connectivity index is 0.00000173. The zero-order chi connectivity index (χ0) is 30.2. The summed E-state index contributed by atoms with van der Waals surface area (Å²) in [5, 5.41) is 3.91. The predicted octanol–water partition coefficient (Wildman–Crippen LogP) is 3.67. The van der Waals surface area contributed by atoms with Gasteiger partial charge in [-0.2, -0.15) is 0 Å². The van der Waals surface area contributed by atoms with Crippen LogP contribution in [-0.2, 0) is 31.5 Å². The number of amides is 2. The van der Waals surface area contributed by atoms with E-state index in [1.54, 1.807) is 30.5 Å². The Hall–Kier alpha value is -3.83. The van der Waals surface area contributed by atoms with Gasteiger partial charge in [0.1, 0.15) is 34.8 Å². The Morgan fingerprint density at radius 1 is 1.14 bits per heavy atom. The van der Waals surface area contributed by atoms with Crippen LogP contribution in [0.25, 0.3) is 22.1 Å². The number of fused-ring (bicyclic) bond motifs is 3. The highest BCUT2D eigenvalue weighted by molar-refractivity contribution is 6.30. The average molecular weight is 596 g/mol. The van der Waals surface area contributed by atoms with Gasteiger partial charge >= 0.3 is 0 Å². The molecule has 10 nitrogen and oxygen atoms in total. The molecule has 2 aliphatic heterocycles. The van der Waals surface area contributed by atoms with Crippen molar-refractivity contribution >= 4 is 45.5 Å². The summed E-state index contributed by atoms with van der Waals surface area (Å²) < 4.78 is 17.3. The molecule has 0 radical (unpaired) electrons. The molecule has 0 unspecified atom stereocenters. The first-order chi connectivity index (χ1) is 20.1. The number of benzene rings is 1. The molecule has 0 aliphatic carbocycles. The topological polar surface area (TPSA) is 105 Å². The van der Waals surface area contributed by atoms with Gasteiger partial charge in [0.2, 0.25) is 5.91 Å². The minimum absolute atomic E-state index is 0.0426. The van der Waals surface area contributed by atoms with Gasteiger partial charge in [-0.3, -0.25) is 23.9 Å². The SMILES string of the molecule is CC.Cn1c(CN2CCC2)nc2cnc3c(cc(C(=O)NCc4ccc(Cl)cc4)c(=O)n3CC(=O)N3CC(C)(F)C3)c21. The van der Waals surface area contributed by atoms with Gasteiger partial charge < -0.3 is 14.8 Å². The van der Waals surface area contributed by atoms with E-state index in [2.05, 4.69) is 15.2 Å². The van der Waals surface area contributed by atoms with Crippen molar-refractivity contribution in [1.82, 2.24) is 34.2 Å². The number of nitrogens with one attached hydrogen (secondary N) is 1. The van der Waals surface area contributed by atoms with Gasteiger partial charge in [-0.1, -0.05) is 37.6 Å². The lowest BCUT2D eigenvalue weighted by Crippen LogP contribution is -2.60. The molecule has 6 rings (SSSR count). The maximum absolute atomic E-state index is 14.1. The molecule has 2 amide bonds. The molecule has 2 aliphatic rings. The maximum Gasteiger partial charge on any atom is 0.265 e. The van der Waals surface area contributed by atoms with Crippen LogP contribution in [0.15, 0.2) is 41.3 Å². The first kappa shape index (κ1) is 29.7. The molecule has 3 aromatic heterocycles. The summed E-state index contributed by atoms with van der Waals surface area (Å²) >= 11 is 5.96. The van der Waals surface area contributed by atoms with E-state index < -0.39 is 23.0 Å². The standard InChI is InChI=1S/C28H29ClFN7O3.C2H6/c1-28(30)15-36(16-28)23(38)14-37-25-19(24-21(12-31-25)33-22(34(24)2)13-35-8-3-9-35)10-20(27(37)40)26(39)32-11-17-4-6-18(29)7-5-17;1-2/h4-7,10,12H,3,8-9,11,13-16H2,1-2H3,(H,32,39);1-2H3. The fraction of sp³-hybridized carbons (Fsp3) is 0.433. The van der Waals surface area contributed by atoms with E-state index in [0.29, 0.717) is 28.0 Å². The smallest absolute Gasteiger partial charge is 0.265 e. The Kier molecular flexibility index (Phi) is 8.34. The van der Waals surface area contributed by atoms with Crippen LogP contribution >= 0.6 is 11.6 Å². The molecule has 0 atom stereocenters. The number of carbonyl (C=O) groups excluding carboxylic acids is 2. The maximum atomic E-state index is 14.1. The first-order valence-electron chi connectivity index (χ1n) is 14.2. The van der Waals surface area contributed by atoms with Crippen LogP contribution in [0, 0.1) is 0 Å². The molecule has 2 saturated heterocycles. The van der Waals surface area contributed by atoms with E-state index in [0.717, 1.165) is 30.9 Å². The predicted molar refractivity (Wildman–Crippen MR) is 160 cm³/mol. The van der Waals surface area contributed by atoms with Crippen molar-refractivity contribution in [2.45, 2.75) is 52.5 Å². The van der Waals surface area contributed by atoms with Gasteiger partial charge in [0, 0.05) is 24.0 Å². The summed E-state index contributed by atoms with van der Waals surface area (Å²) in [5.74, 6) is -0.152. The molecule has 0 saturated carbocycles. The monoisotopic (exact) mass is 595 g/mol. The highest BCUT2D eigenvalue weighted by Gasteiger charge is 2.41. The molecule has 0 spiro atoms. The zero-order valence-corrected chi connectivity index (χ0v) is 25.0. The number of aromatic nitrogens is 4. The van der Waals surface area contributed by atoms with Crippen molar-refractivity contribution in [3.63, 3.8) is 0 Å². The number of nitrogens with zero attached hydrogens (tertiary/aromatic N) is 6. The van der Waals surface area contributed by atoms with E-state index >= 15 is 0 Å². The molecule has 0 bridgehead atoms. The minimum Gasteiger partial charge on any atom is -0.348 e. The number of imidazole rings is 1. The van der Waals surface area contributed by atoms with Crippen molar-refractivity contribution < 1.29 is 14.0 Å². The number of alkyl halides is 1. The second-order valence-corrected chi connectivity index (χ2v) is 11.3. The molecular weight excluding hydrogens is 561 g/mol. The summed E-state index contributed by atoms with van der Waals surface area (Å²) in [7, 11) is 1.90. The van der Waals surface area contributed by atoms with E-state index in [1.807, 2.05) is 25.5 Å². The Morgan fingerprint density at radius 2 is 1.83 bits per heavy atom. The number of aryl methyl sites for hydroxylation is 1. The molecule has 222 valence electrons. The third-order valence-corrected chi connectivity index (χ3v) is 7.90. The number of hydrogen-bond donors (Lipinski definition) is 1. The van der Waals surface area contributed by atoms with Crippen LogP contribution in [0.4, 0.5) is 4.39 Å². The second kappa shape index (κ2) is 11.8. The normalized spacial score (nSPS) is 16.0. The van der Waals surface area contributed by atoms with Crippen LogP contribution in [0.5, 0.6) is 0 Å². The van der Waals surface area contributed by atoms with Crippen molar-refractivity contribution in [2.24, 2.45) is 7.05 Å². The van der Waals surface area contributed by atoms with E-state index in [1.165, 1.54) is 22.5 Å². The number of rotatable bonds is 7. The van der Waals surface area contributed by atoms with Gasteiger partial charge in [0.05, 0.1) is 31.3 Å². The van der Waals surface area contributed by atoms with Gasteiger partial charge in [0.15, 0.2) is 0 Å². The number of carbonyl (C=O) groups is 2. The molecule has 1 N–H and O–H groups in total. The van der Waals surface area contributed by atoms with Crippen LogP contribution in [0.1, 0.15) is 48.9 Å². The van der Waals surface area contributed by atoms with Gasteiger partial charge in [-0.15, -0.1) is 0 Å². The largest absolute Gasteiger partial charge is 0.348 e. The lowest BCUT2D eigenvalue weighted by molar-refractivity contribution is -0.144. The number of likely N-dealkylation sites (tertiary alicyclic amines) is 2. The Morgan fingerprint density at radius 3 is 2.45 bits per heavy atom. The molecular formula is C30H35ClFN7O3. The van der Waals surface area contributed by atoms with Crippen LogP contribution in [0.3, 0.4) is 0 Å². The summed E-state index contributed by atoms with van der Waals surface area (Å²) in [6, 6.07) is 8.54. The van der Waals surface area contributed by atoms with Gasteiger partial charge in [0.25, 0.3) is 11.5 Å². The van der Waals surface area contributed by atoms with Crippen LogP contribution in [0.2, 0.25) is 5.02 Å². The summed E-state index contributed by atoms with van der Waals surface area (Å²) in [6.45, 7) is 7.87. The summed E-state index contributed by atoms with van der Waals surface area (Å²) in [4.78, 5) is 53.0. The van der Waals surface area contributed by atoms with Crippen molar-refractivity contribution in [3.05, 3.63) is 68.9 Å². The summed E-state index contributed by atoms with van der Waals surface area (Å²) in [5.41, 5.74) is 0.215. The summed E-state index contributed by atoms with van der Waals surface area (Å²) in [6.07, 6.45) is 2.74. The molecule has 2 fully saturated rings. The zero-order valence-electron chi connectivity index (χ0n) is 24.3. The van der Waals surface area contributed by atoms with Crippen molar-refractivity contribution in [2.75, 3.05) is 26.2 Å². The lowest BCUT2D eigenvalue weighted by Gasteiger charge is -2.42. The molecule has 5 heterocycles. The van der Waals surface area contributed by atoms with Crippen LogP contribution < -0.4 is 10.9 Å². The Bertz CT molecular complexity index is 1700. The van der Waals surface area contributed by atoms with E-state index in [-0.39, 0.29) is 37.4 Å². The average Bonchev–Trinajstić information content (AvgIpc) is 3.26. The fourth-order valence-corrected chi connectivity index (χ4v) is 5.43. The molecule has 42 heavy (non-hydrogen) atoms. The Labute approximate surface area is 248 Å². The first-order valence-corrected chi connectivity index (χ1v) is 14.6. The van der Waals surface area contributed by atoms with Crippen LogP contribution in [-0.4, -0.2) is 72.6 Å². The molecule has 12 heteroatoms. The fourth-order valence-electron chi connectivity index (χ4n) is 5.30. The highest BCUT2D eigenvalue weighted by Crippen LogP contribution is 2.27. The highest BCUT2D eigenvalue weighted by atomic mass is 35.5. The quantitative estimate of drug-likeness (QED) is 0.350. The van der Waals surface area contributed by atoms with Crippen molar-refractivity contribution in [1.29, 1.82) is 0 Å². The second-order valence-electron chi connectivity index (χ2n) is 10.9. The van der Waals surface area contributed by atoms with Crippen molar-refractivity contribution in [3.8, 4) is 0 Å².